The van der Waals surface area contributed by atoms with Crippen LogP contribution in [0, 0.1) is 23.7 Å². The molecule has 1 aliphatic heterocycles. The molecule has 1 aliphatic rings. The summed E-state index contributed by atoms with van der Waals surface area (Å²) >= 11 is 0. The highest BCUT2D eigenvalue weighted by Crippen LogP contribution is 2.29. The van der Waals surface area contributed by atoms with Gasteiger partial charge in [-0.05, 0) is 30.6 Å². The lowest BCUT2D eigenvalue weighted by Gasteiger charge is -2.06. The molecule has 0 aromatic heterocycles. The molecular weight excluding hydrogens is 276 g/mol. The van der Waals surface area contributed by atoms with Gasteiger partial charge in [0.15, 0.2) is 6.10 Å². The van der Waals surface area contributed by atoms with Gasteiger partial charge in [0.05, 0.1) is 12.2 Å². The maximum absolute atomic E-state index is 10.8. The van der Waals surface area contributed by atoms with Gasteiger partial charge in [-0.15, -0.1) is 0 Å². The van der Waals surface area contributed by atoms with Crippen LogP contribution in [0.3, 0.4) is 0 Å². The highest BCUT2D eigenvalue weighted by Gasteiger charge is 2.36. The molecule has 3 atom stereocenters. The summed E-state index contributed by atoms with van der Waals surface area (Å²) in [6.45, 7) is 5.55. The summed E-state index contributed by atoms with van der Waals surface area (Å²) in [5.41, 5.74) is 0. The number of hydrogen-bond donors (Lipinski definition) is 0. The van der Waals surface area contributed by atoms with Crippen LogP contribution in [0.15, 0.2) is 0 Å². The minimum Gasteiger partial charge on any atom is -0.449 e. The van der Waals surface area contributed by atoms with Crippen LogP contribution in [0.25, 0.3) is 0 Å². The molecule has 0 aromatic rings. The monoisotopic (exact) mass is 304 g/mol. The Morgan fingerprint density at radius 1 is 1.14 bits per heavy atom. The van der Waals surface area contributed by atoms with E-state index in [1.807, 2.05) is 6.92 Å². The van der Waals surface area contributed by atoms with E-state index in [4.69, 9.17) is 9.47 Å². The van der Waals surface area contributed by atoms with Gasteiger partial charge < -0.3 is 9.47 Å². The number of carbonyl (C=O) groups excluding carboxylic acids is 1. The minimum atomic E-state index is -0.347. The molecule has 3 nitrogen and oxygen atoms in total. The van der Waals surface area contributed by atoms with Crippen molar-refractivity contribution >= 4 is 5.97 Å². The molecular formula is C19H28O3. The van der Waals surface area contributed by atoms with Crippen LogP contribution >= 0.6 is 0 Å². The first-order valence-electron chi connectivity index (χ1n) is 8.48. The summed E-state index contributed by atoms with van der Waals surface area (Å²) in [5.74, 6) is 11.2. The molecule has 122 valence electrons. The third kappa shape index (κ3) is 8.75. The maximum atomic E-state index is 10.8. The van der Waals surface area contributed by atoms with Gasteiger partial charge in [-0.1, -0.05) is 51.9 Å². The van der Waals surface area contributed by atoms with E-state index in [1.54, 1.807) is 0 Å². The third-order valence-corrected chi connectivity index (χ3v) is 3.65. The van der Waals surface area contributed by atoms with Crippen LogP contribution in [0.5, 0.6) is 0 Å². The van der Waals surface area contributed by atoms with Gasteiger partial charge in [-0.3, -0.25) is 4.79 Å². The molecule has 0 N–H and O–H groups in total. The predicted octanol–water partition coefficient (Wildman–Crippen LogP) is 3.85. The van der Waals surface area contributed by atoms with Gasteiger partial charge in [0.1, 0.15) is 0 Å². The van der Waals surface area contributed by atoms with E-state index in [2.05, 4.69) is 30.6 Å². The number of unbranched alkanes of at least 4 members (excludes halogenated alkanes) is 4. The van der Waals surface area contributed by atoms with Crippen molar-refractivity contribution in [1.82, 2.24) is 0 Å². The summed E-state index contributed by atoms with van der Waals surface area (Å²) in [4.78, 5) is 10.8. The second-order valence-corrected chi connectivity index (χ2v) is 5.70. The summed E-state index contributed by atoms with van der Waals surface area (Å²) in [5, 5.41) is 0. The van der Waals surface area contributed by atoms with E-state index in [1.165, 1.54) is 39.0 Å². The van der Waals surface area contributed by atoms with Crippen molar-refractivity contribution in [3.05, 3.63) is 0 Å². The van der Waals surface area contributed by atoms with Gasteiger partial charge in [0.2, 0.25) is 0 Å². The predicted molar refractivity (Wildman–Crippen MR) is 88.1 cm³/mol. The lowest BCUT2D eigenvalue weighted by Crippen LogP contribution is -2.12. The van der Waals surface area contributed by atoms with Crippen molar-refractivity contribution in [3.8, 4) is 23.7 Å². The molecule has 1 rings (SSSR count). The van der Waals surface area contributed by atoms with Crippen molar-refractivity contribution in [2.45, 2.75) is 90.4 Å². The van der Waals surface area contributed by atoms with Crippen molar-refractivity contribution < 1.29 is 14.3 Å². The summed E-state index contributed by atoms with van der Waals surface area (Å²) < 4.78 is 10.6. The normalized spacial score (nSPS) is 20.1. The number of hydrogen-bond acceptors (Lipinski definition) is 3. The van der Waals surface area contributed by atoms with E-state index in [9.17, 15) is 4.79 Å². The Balaban J connectivity index is 2.12. The average molecular weight is 304 g/mol. The van der Waals surface area contributed by atoms with E-state index >= 15 is 0 Å². The van der Waals surface area contributed by atoms with Gasteiger partial charge in [-0.25, -0.2) is 0 Å². The van der Waals surface area contributed by atoms with Crippen molar-refractivity contribution in [1.29, 1.82) is 0 Å². The van der Waals surface area contributed by atoms with Crippen LogP contribution in [0.2, 0.25) is 0 Å². The van der Waals surface area contributed by atoms with Crippen LogP contribution in [0.1, 0.15) is 72.1 Å². The first-order chi connectivity index (χ1) is 10.7. The van der Waals surface area contributed by atoms with E-state index in [0.717, 1.165) is 12.8 Å². The first kappa shape index (κ1) is 18.6. The van der Waals surface area contributed by atoms with Crippen molar-refractivity contribution in [2.24, 2.45) is 0 Å². The van der Waals surface area contributed by atoms with Gasteiger partial charge in [0, 0.05) is 13.3 Å². The Morgan fingerprint density at radius 2 is 1.91 bits per heavy atom. The highest BCUT2D eigenvalue weighted by atomic mass is 16.6. The second-order valence-electron chi connectivity index (χ2n) is 5.70. The number of ether oxygens (including phenoxy) is 2. The lowest BCUT2D eigenvalue weighted by molar-refractivity contribution is -0.143. The second kappa shape index (κ2) is 11.2. The molecule has 3 unspecified atom stereocenters. The maximum Gasteiger partial charge on any atom is 0.303 e. The lowest BCUT2D eigenvalue weighted by atomic mass is 10.1. The van der Waals surface area contributed by atoms with Crippen LogP contribution in [-0.2, 0) is 14.3 Å². The average Bonchev–Trinajstić information content (AvgIpc) is 3.23. The van der Waals surface area contributed by atoms with Gasteiger partial charge >= 0.3 is 5.97 Å². The smallest absolute Gasteiger partial charge is 0.303 e. The Labute approximate surface area is 135 Å². The van der Waals surface area contributed by atoms with Gasteiger partial charge in [-0.2, -0.15) is 0 Å². The number of esters is 1. The summed E-state index contributed by atoms with van der Waals surface area (Å²) in [7, 11) is 0. The van der Waals surface area contributed by atoms with Crippen LogP contribution in [0.4, 0.5) is 0 Å². The third-order valence-electron chi connectivity index (χ3n) is 3.65. The van der Waals surface area contributed by atoms with Crippen molar-refractivity contribution in [2.75, 3.05) is 0 Å². The standard InChI is InChI=1S/C19H28O3/c1-4-6-7-8-11-14-18-19(22-18)15-12-9-10-13-17(5-2)21-16(3)20/h17-19H,4-8,11,14-15H2,1-3H3. The number of rotatable bonds is 9. The molecule has 1 saturated heterocycles. The zero-order valence-electron chi connectivity index (χ0n) is 14.1. The van der Waals surface area contributed by atoms with Crippen LogP contribution in [-0.4, -0.2) is 24.3 Å². The zero-order valence-corrected chi connectivity index (χ0v) is 14.1. The molecule has 0 amide bonds. The Hall–Kier alpha value is -1.45. The quantitative estimate of drug-likeness (QED) is 0.281. The molecule has 22 heavy (non-hydrogen) atoms. The van der Waals surface area contributed by atoms with Crippen LogP contribution < -0.4 is 0 Å². The van der Waals surface area contributed by atoms with Crippen molar-refractivity contribution in [3.63, 3.8) is 0 Å². The SMILES string of the molecule is CCCCCCCC1OC1CC#CC#CC(CC)OC(C)=O. The highest BCUT2D eigenvalue weighted by molar-refractivity contribution is 5.66. The number of carbonyl (C=O) groups is 1. The molecule has 0 radical (unpaired) electrons. The molecule has 0 aliphatic carbocycles. The topological polar surface area (TPSA) is 38.8 Å². The molecule has 0 saturated carbocycles. The molecule has 1 fully saturated rings. The molecule has 0 bridgehead atoms. The fraction of sp³-hybridized carbons (Fsp3) is 0.737. The first-order valence-corrected chi connectivity index (χ1v) is 8.48. The van der Waals surface area contributed by atoms with Gasteiger partial charge in [0.25, 0.3) is 0 Å². The summed E-state index contributed by atoms with van der Waals surface area (Å²) in [6, 6.07) is 0. The molecule has 3 heteroatoms. The van der Waals surface area contributed by atoms with E-state index < -0.39 is 0 Å². The largest absolute Gasteiger partial charge is 0.449 e. The molecule has 0 aromatic carbocycles. The minimum absolute atomic E-state index is 0.302. The number of epoxide rings is 1. The van der Waals surface area contributed by atoms with E-state index in [-0.39, 0.29) is 12.1 Å². The van der Waals surface area contributed by atoms with E-state index in [0.29, 0.717) is 18.6 Å². The Kier molecular flexibility index (Phi) is 9.44. The summed E-state index contributed by atoms with van der Waals surface area (Å²) in [6.07, 6.45) is 9.49. The Morgan fingerprint density at radius 3 is 2.59 bits per heavy atom. The fourth-order valence-electron chi connectivity index (χ4n) is 2.29. The zero-order chi connectivity index (χ0) is 16.2. The molecule has 1 heterocycles. The molecule has 0 spiro atoms. The Bertz CT molecular complexity index is 447. The fourth-order valence-corrected chi connectivity index (χ4v) is 2.29.